The van der Waals surface area contributed by atoms with Gasteiger partial charge in [0.1, 0.15) is 0 Å². The maximum atomic E-state index is 11.6. The average Bonchev–Trinajstić information content (AvgIpc) is 2.43. The highest BCUT2D eigenvalue weighted by Crippen LogP contribution is 2.42. The lowest BCUT2D eigenvalue weighted by atomic mass is 9.74. The van der Waals surface area contributed by atoms with E-state index in [1.54, 1.807) is 0 Å². The number of primary amides is 1. The van der Waals surface area contributed by atoms with Gasteiger partial charge in [0, 0.05) is 11.5 Å². The third-order valence-corrected chi connectivity index (χ3v) is 3.61. The Morgan fingerprint density at radius 1 is 1.60 bits per heavy atom. The molecule has 15 heavy (non-hydrogen) atoms. The van der Waals surface area contributed by atoms with Crippen LogP contribution in [0.1, 0.15) is 32.1 Å². The predicted octanol–water partition coefficient (Wildman–Crippen LogP) is -0.752. The molecule has 0 unspecified atom stereocenters. The molecule has 1 aliphatic heterocycles. The van der Waals surface area contributed by atoms with Crippen molar-refractivity contribution in [1.82, 2.24) is 5.32 Å². The van der Waals surface area contributed by atoms with Gasteiger partial charge in [-0.3, -0.25) is 9.59 Å². The number of hydrogen-bond donors (Lipinski definition) is 3. The summed E-state index contributed by atoms with van der Waals surface area (Å²) in [6.45, 7) is 0. The highest BCUT2D eigenvalue weighted by atomic mass is 16.2. The molecule has 0 aromatic carbocycles. The van der Waals surface area contributed by atoms with Crippen molar-refractivity contribution < 1.29 is 9.59 Å². The van der Waals surface area contributed by atoms with Crippen LogP contribution in [0.4, 0.5) is 0 Å². The van der Waals surface area contributed by atoms with Crippen molar-refractivity contribution >= 4 is 11.8 Å². The first-order chi connectivity index (χ1) is 7.02. The SMILES string of the molecule is NC(=O)[C@@H](N)C[C@@H]1CC2(CCC2)NC1=O. The van der Waals surface area contributed by atoms with Gasteiger partial charge in [0.2, 0.25) is 11.8 Å². The van der Waals surface area contributed by atoms with E-state index in [0.29, 0.717) is 6.42 Å². The summed E-state index contributed by atoms with van der Waals surface area (Å²) in [4.78, 5) is 22.4. The van der Waals surface area contributed by atoms with Crippen molar-refractivity contribution in [1.29, 1.82) is 0 Å². The molecule has 2 atom stereocenters. The molecular weight excluding hydrogens is 194 g/mol. The molecule has 5 N–H and O–H groups in total. The van der Waals surface area contributed by atoms with E-state index in [9.17, 15) is 9.59 Å². The Bertz CT molecular complexity index is 299. The fraction of sp³-hybridized carbons (Fsp3) is 0.800. The smallest absolute Gasteiger partial charge is 0.234 e. The van der Waals surface area contributed by atoms with Gasteiger partial charge in [0.15, 0.2) is 0 Å². The maximum Gasteiger partial charge on any atom is 0.234 e. The van der Waals surface area contributed by atoms with Crippen molar-refractivity contribution in [3.05, 3.63) is 0 Å². The number of carbonyl (C=O) groups is 2. The van der Waals surface area contributed by atoms with E-state index in [-0.39, 0.29) is 17.4 Å². The van der Waals surface area contributed by atoms with Crippen LogP contribution in [0.2, 0.25) is 0 Å². The van der Waals surface area contributed by atoms with Gasteiger partial charge in [0.25, 0.3) is 0 Å². The lowest BCUT2D eigenvalue weighted by Gasteiger charge is -2.38. The largest absolute Gasteiger partial charge is 0.368 e. The number of amides is 2. The van der Waals surface area contributed by atoms with E-state index in [4.69, 9.17) is 11.5 Å². The third-order valence-electron chi connectivity index (χ3n) is 3.61. The van der Waals surface area contributed by atoms with E-state index < -0.39 is 11.9 Å². The summed E-state index contributed by atoms with van der Waals surface area (Å²) in [7, 11) is 0. The molecule has 1 heterocycles. The van der Waals surface area contributed by atoms with Crippen molar-refractivity contribution in [2.24, 2.45) is 17.4 Å². The van der Waals surface area contributed by atoms with Gasteiger partial charge < -0.3 is 16.8 Å². The zero-order valence-corrected chi connectivity index (χ0v) is 8.66. The molecule has 2 amide bonds. The maximum absolute atomic E-state index is 11.6. The average molecular weight is 211 g/mol. The molecule has 2 aliphatic rings. The van der Waals surface area contributed by atoms with Crippen LogP contribution in [-0.4, -0.2) is 23.4 Å². The monoisotopic (exact) mass is 211 g/mol. The highest BCUT2D eigenvalue weighted by molar-refractivity contribution is 5.84. The van der Waals surface area contributed by atoms with Crippen molar-refractivity contribution in [2.75, 3.05) is 0 Å². The molecule has 2 rings (SSSR count). The summed E-state index contributed by atoms with van der Waals surface area (Å²) >= 11 is 0. The number of hydrogen-bond acceptors (Lipinski definition) is 3. The number of nitrogens with two attached hydrogens (primary N) is 2. The van der Waals surface area contributed by atoms with Crippen LogP contribution < -0.4 is 16.8 Å². The van der Waals surface area contributed by atoms with Crippen molar-refractivity contribution in [3.63, 3.8) is 0 Å². The van der Waals surface area contributed by atoms with Gasteiger partial charge in [-0.1, -0.05) is 0 Å². The van der Waals surface area contributed by atoms with Crippen LogP contribution in [0.3, 0.4) is 0 Å². The molecule has 2 fully saturated rings. The minimum atomic E-state index is -0.698. The van der Waals surface area contributed by atoms with Crippen LogP contribution in [0.25, 0.3) is 0 Å². The molecule has 0 radical (unpaired) electrons. The van der Waals surface area contributed by atoms with Crippen LogP contribution >= 0.6 is 0 Å². The molecule has 1 aliphatic carbocycles. The minimum absolute atomic E-state index is 0.0269. The molecule has 1 saturated heterocycles. The van der Waals surface area contributed by atoms with Gasteiger partial charge in [-0.25, -0.2) is 0 Å². The van der Waals surface area contributed by atoms with Crippen LogP contribution in [0, 0.1) is 5.92 Å². The quantitative estimate of drug-likeness (QED) is 0.572. The molecule has 1 saturated carbocycles. The molecule has 5 nitrogen and oxygen atoms in total. The predicted molar refractivity (Wildman–Crippen MR) is 54.6 cm³/mol. The van der Waals surface area contributed by atoms with Crippen molar-refractivity contribution in [3.8, 4) is 0 Å². The minimum Gasteiger partial charge on any atom is -0.368 e. The fourth-order valence-corrected chi connectivity index (χ4v) is 2.52. The van der Waals surface area contributed by atoms with Crippen LogP contribution in [0.5, 0.6) is 0 Å². The summed E-state index contributed by atoms with van der Waals surface area (Å²) in [5.74, 6) is -0.628. The second-order valence-corrected chi connectivity index (χ2v) is 4.77. The summed E-state index contributed by atoms with van der Waals surface area (Å²) in [6, 6.07) is -0.698. The summed E-state index contributed by atoms with van der Waals surface area (Å²) in [6.07, 6.45) is 4.48. The first-order valence-corrected chi connectivity index (χ1v) is 5.39. The molecule has 5 heteroatoms. The van der Waals surface area contributed by atoms with Crippen LogP contribution in [0.15, 0.2) is 0 Å². The lowest BCUT2D eigenvalue weighted by molar-refractivity contribution is -0.124. The number of rotatable bonds is 3. The molecule has 0 aromatic heterocycles. The normalized spacial score (nSPS) is 29.7. The molecular formula is C10H17N3O2. The topological polar surface area (TPSA) is 98.2 Å². The van der Waals surface area contributed by atoms with E-state index in [0.717, 1.165) is 19.3 Å². The fourth-order valence-electron chi connectivity index (χ4n) is 2.52. The van der Waals surface area contributed by atoms with Gasteiger partial charge >= 0.3 is 0 Å². The highest BCUT2D eigenvalue weighted by Gasteiger charge is 2.48. The van der Waals surface area contributed by atoms with Gasteiger partial charge in [-0.15, -0.1) is 0 Å². The lowest BCUT2D eigenvalue weighted by Crippen LogP contribution is -2.47. The Morgan fingerprint density at radius 2 is 2.27 bits per heavy atom. The zero-order chi connectivity index (χ0) is 11.1. The Balaban J connectivity index is 1.93. The summed E-state index contributed by atoms with van der Waals surface area (Å²) in [5.41, 5.74) is 10.7. The van der Waals surface area contributed by atoms with Crippen LogP contribution in [-0.2, 0) is 9.59 Å². The standard InChI is InChI=1S/C10H17N3O2/c11-7(8(12)14)4-6-5-10(2-1-3-10)13-9(6)15/h6-7H,1-5,11H2,(H2,12,14)(H,13,15)/t6-,7+/m1/s1. The Hall–Kier alpha value is -1.10. The van der Waals surface area contributed by atoms with Gasteiger partial charge in [0.05, 0.1) is 6.04 Å². The Morgan fingerprint density at radius 3 is 2.67 bits per heavy atom. The second-order valence-electron chi connectivity index (χ2n) is 4.77. The summed E-state index contributed by atoms with van der Waals surface area (Å²) < 4.78 is 0. The first kappa shape index (κ1) is 10.4. The van der Waals surface area contributed by atoms with Crippen molar-refractivity contribution in [2.45, 2.75) is 43.7 Å². The number of nitrogens with one attached hydrogen (secondary N) is 1. The summed E-state index contributed by atoms with van der Waals surface area (Å²) in [5, 5.41) is 3.01. The second kappa shape index (κ2) is 3.48. The molecule has 84 valence electrons. The number of carbonyl (C=O) groups excluding carboxylic acids is 2. The zero-order valence-electron chi connectivity index (χ0n) is 8.66. The molecule has 1 spiro atoms. The van der Waals surface area contributed by atoms with E-state index in [1.807, 2.05) is 0 Å². The molecule has 0 aromatic rings. The van der Waals surface area contributed by atoms with E-state index >= 15 is 0 Å². The Kier molecular flexibility index (Phi) is 2.42. The van der Waals surface area contributed by atoms with Gasteiger partial charge in [-0.05, 0) is 32.1 Å². The Labute approximate surface area is 88.6 Å². The van der Waals surface area contributed by atoms with Gasteiger partial charge in [-0.2, -0.15) is 0 Å². The van der Waals surface area contributed by atoms with E-state index in [2.05, 4.69) is 5.32 Å². The van der Waals surface area contributed by atoms with E-state index in [1.165, 1.54) is 6.42 Å². The third kappa shape index (κ3) is 1.84. The first-order valence-electron chi connectivity index (χ1n) is 5.39. The molecule has 0 bridgehead atoms.